The monoisotopic (exact) mass is 250 g/mol. The summed E-state index contributed by atoms with van der Waals surface area (Å²) < 4.78 is 0. The molecule has 1 N–H and O–H groups in total. The SMILES string of the molecule is Cc1cc(NCCCc2ccccc2)ccc1C#N. The fourth-order valence-corrected chi connectivity index (χ4v) is 2.07. The largest absolute Gasteiger partial charge is 0.385 e. The van der Waals surface area contributed by atoms with E-state index in [0.717, 1.165) is 36.2 Å². The molecule has 0 atom stereocenters. The van der Waals surface area contributed by atoms with E-state index in [4.69, 9.17) is 5.26 Å². The molecule has 0 heterocycles. The summed E-state index contributed by atoms with van der Waals surface area (Å²) in [5, 5.41) is 12.3. The van der Waals surface area contributed by atoms with Crippen molar-refractivity contribution in [1.82, 2.24) is 0 Å². The molecular weight excluding hydrogens is 232 g/mol. The van der Waals surface area contributed by atoms with Crippen molar-refractivity contribution in [2.24, 2.45) is 0 Å². The van der Waals surface area contributed by atoms with Gasteiger partial charge in [0.15, 0.2) is 0 Å². The molecule has 2 heteroatoms. The van der Waals surface area contributed by atoms with E-state index >= 15 is 0 Å². The van der Waals surface area contributed by atoms with Crippen LogP contribution in [-0.4, -0.2) is 6.54 Å². The van der Waals surface area contributed by atoms with Crippen molar-refractivity contribution < 1.29 is 0 Å². The first kappa shape index (κ1) is 13.2. The third-order valence-corrected chi connectivity index (χ3v) is 3.16. The van der Waals surface area contributed by atoms with Crippen molar-refractivity contribution in [2.45, 2.75) is 19.8 Å². The highest BCUT2D eigenvalue weighted by Gasteiger charge is 1.98. The Morgan fingerprint density at radius 1 is 1.11 bits per heavy atom. The third-order valence-electron chi connectivity index (χ3n) is 3.16. The molecule has 0 aromatic heterocycles. The van der Waals surface area contributed by atoms with E-state index < -0.39 is 0 Å². The molecule has 2 rings (SSSR count). The molecule has 0 radical (unpaired) electrons. The van der Waals surface area contributed by atoms with Crippen LogP contribution in [0.15, 0.2) is 48.5 Å². The first-order chi connectivity index (χ1) is 9.29. The lowest BCUT2D eigenvalue weighted by atomic mass is 10.1. The molecule has 0 aliphatic rings. The Labute approximate surface area is 114 Å². The lowest BCUT2D eigenvalue weighted by Gasteiger charge is -2.08. The van der Waals surface area contributed by atoms with Crippen molar-refractivity contribution in [3.8, 4) is 6.07 Å². The molecule has 2 nitrogen and oxygen atoms in total. The van der Waals surface area contributed by atoms with Crippen LogP contribution in [0.1, 0.15) is 23.1 Å². The smallest absolute Gasteiger partial charge is 0.0994 e. The van der Waals surface area contributed by atoms with Gasteiger partial charge in [-0.05, 0) is 49.1 Å². The summed E-state index contributed by atoms with van der Waals surface area (Å²) in [5.41, 5.74) is 4.23. The number of nitriles is 1. The molecule has 0 fully saturated rings. The quantitative estimate of drug-likeness (QED) is 0.817. The summed E-state index contributed by atoms with van der Waals surface area (Å²) in [5.74, 6) is 0. The average Bonchev–Trinajstić information content (AvgIpc) is 2.45. The van der Waals surface area contributed by atoms with Gasteiger partial charge in [0.25, 0.3) is 0 Å². The van der Waals surface area contributed by atoms with Crippen molar-refractivity contribution in [1.29, 1.82) is 5.26 Å². The number of anilines is 1. The van der Waals surface area contributed by atoms with Gasteiger partial charge >= 0.3 is 0 Å². The number of benzene rings is 2. The van der Waals surface area contributed by atoms with Crippen LogP contribution in [0, 0.1) is 18.3 Å². The summed E-state index contributed by atoms with van der Waals surface area (Å²) in [4.78, 5) is 0. The van der Waals surface area contributed by atoms with Crippen molar-refractivity contribution in [3.63, 3.8) is 0 Å². The van der Waals surface area contributed by atoms with Gasteiger partial charge in [0.05, 0.1) is 11.6 Å². The second kappa shape index (κ2) is 6.61. The lowest BCUT2D eigenvalue weighted by Crippen LogP contribution is -2.03. The molecule has 0 saturated heterocycles. The molecular formula is C17H18N2. The molecule has 0 bridgehead atoms. The normalized spacial score (nSPS) is 9.89. The Balaban J connectivity index is 1.80. The van der Waals surface area contributed by atoms with E-state index in [0.29, 0.717) is 0 Å². The Morgan fingerprint density at radius 3 is 2.58 bits per heavy atom. The molecule has 0 amide bonds. The van der Waals surface area contributed by atoms with E-state index in [9.17, 15) is 0 Å². The predicted molar refractivity (Wildman–Crippen MR) is 79.1 cm³/mol. The zero-order valence-corrected chi connectivity index (χ0v) is 11.2. The van der Waals surface area contributed by atoms with Crippen molar-refractivity contribution >= 4 is 5.69 Å². The first-order valence-corrected chi connectivity index (χ1v) is 6.58. The van der Waals surface area contributed by atoms with Crippen LogP contribution in [-0.2, 0) is 6.42 Å². The van der Waals surface area contributed by atoms with Gasteiger partial charge in [0, 0.05) is 12.2 Å². The fraction of sp³-hybridized carbons (Fsp3) is 0.235. The zero-order valence-electron chi connectivity index (χ0n) is 11.2. The van der Waals surface area contributed by atoms with Crippen LogP contribution < -0.4 is 5.32 Å². The molecule has 0 unspecified atom stereocenters. The Bertz CT molecular complexity index is 568. The number of hydrogen-bond donors (Lipinski definition) is 1. The maximum atomic E-state index is 8.88. The minimum atomic E-state index is 0.745. The standard InChI is InChI=1S/C17H18N2/c1-14-12-17(10-9-16(14)13-18)19-11-5-8-15-6-3-2-4-7-15/h2-4,6-7,9-10,12,19H,5,8,11H2,1H3. The third kappa shape index (κ3) is 3.86. The molecule has 0 spiro atoms. The molecule has 2 aromatic rings. The van der Waals surface area contributed by atoms with Crippen molar-refractivity contribution in [3.05, 3.63) is 65.2 Å². The Hall–Kier alpha value is -2.27. The fourth-order valence-electron chi connectivity index (χ4n) is 2.07. The molecule has 96 valence electrons. The Kier molecular flexibility index (Phi) is 4.58. The van der Waals surface area contributed by atoms with Gasteiger partial charge < -0.3 is 5.32 Å². The number of aryl methyl sites for hydroxylation is 2. The van der Waals surface area contributed by atoms with Crippen LogP contribution >= 0.6 is 0 Å². The molecule has 0 aliphatic carbocycles. The lowest BCUT2D eigenvalue weighted by molar-refractivity contribution is 0.863. The van der Waals surface area contributed by atoms with Crippen LogP contribution in [0.2, 0.25) is 0 Å². The van der Waals surface area contributed by atoms with Gasteiger partial charge in [-0.25, -0.2) is 0 Å². The maximum Gasteiger partial charge on any atom is 0.0994 e. The molecule has 0 aliphatic heterocycles. The van der Waals surface area contributed by atoms with Gasteiger partial charge in [-0.15, -0.1) is 0 Å². The number of rotatable bonds is 5. The van der Waals surface area contributed by atoms with Crippen molar-refractivity contribution in [2.75, 3.05) is 11.9 Å². The summed E-state index contributed by atoms with van der Waals surface area (Å²) in [6.07, 6.45) is 2.19. The first-order valence-electron chi connectivity index (χ1n) is 6.58. The maximum absolute atomic E-state index is 8.88. The van der Waals surface area contributed by atoms with Gasteiger partial charge in [-0.3, -0.25) is 0 Å². The Morgan fingerprint density at radius 2 is 1.89 bits per heavy atom. The molecule has 0 saturated carbocycles. The second-order valence-electron chi connectivity index (χ2n) is 4.66. The number of nitrogens with zero attached hydrogens (tertiary/aromatic N) is 1. The minimum Gasteiger partial charge on any atom is -0.385 e. The average molecular weight is 250 g/mol. The summed E-state index contributed by atoms with van der Waals surface area (Å²) in [6.45, 7) is 2.91. The topological polar surface area (TPSA) is 35.8 Å². The summed E-state index contributed by atoms with van der Waals surface area (Å²) in [6, 6.07) is 18.6. The highest BCUT2D eigenvalue weighted by Crippen LogP contribution is 2.14. The predicted octanol–water partition coefficient (Wildman–Crippen LogP) is 3.91. The van der Waals surface area contributed by atoms with E-state index in [1.54, 1.807) is 0 Å². The van der Waals surface area contributed by atoms with Crippen LogP contribution in [0.25, 0.3) is 0 Å². The van der Waals surface area contributed by atoms with E-state index in [1.165, 1.54) is 5.56 Å². The molecule has 19 heavy (non-hydrogen) atoms. The van der Waals surface area contributed by atoms with E-state index in [-0.39, 0.29) is 0 Å². The van der Waals surface area contributed by atoms with Gasteiger partial charge in [-0.1, -0.05) is 30.3 Å². The second-order valence-corrected chi connectivity index (χ2v) is 4.66. The van der Waals surface area contributed by atoms with E-state index in [1.807, 2.05) is 31.2 Å². The van der Waals surface area contributed by atoms with Crippen LogP contribution in [0.4, 0.5) is 5.69 Å². The highest BCUT2D eigenvalue weighted by molar-refractivity contribution is 5.51. The molecule has 2 aromatic carbocycles. The number of hydrogen-bond acceptors (Lipinski definition) is 2. The number of nitrogens with one attached hydrogen (secondary N) is 1. The van der Waals surface area contributed by atoms with E-state index in [2.05, 4.69) is 35.7 Å². The summed E-state index contributed by atoms with van der Waals surface area (Å²) >= 11 is 0. The van der Waals surface area contributed by atoms with Gasteiger partial charge in [0.1, 0.15) is 0 Å². The van der Waals surface area contributed by atoms with Gasteiger partial charge in [-0.2, -0.15) is 5.26 Å². The minimum absolute atomic E-state index is 0.745. The van der Waals surface area contributed by atoms with Gasteiger partial charge in [0.2, 0.25) is 0 Å². The van der Waals surface area contributed by atoms with Crippen LogP contribution in [0.3, 0.4) is 0 Å². The van der Waals surface area contributed by atoms with Crippen LogP contribution in [0.5, 0.6) is 0 Å². The zero-order chi connectivity index (χ0) is 13.5. The highest BCUT2D eigenvalue weighted by atomic mass is 14.9. The summed E-state index contributed by atoms with van der Waals surface area (Å²) in [7, 11) is 0.